The highest BCUT2D eigenvalue weighted by Crippen LogP contribution is 2.12. The molecule has 0 heterocycles. The van der Waals surface area contributed by atoms with Crippen molar-refractivity contribution >= 4 is 22.0 Å². The third kappa shape index (κ3) is 2.71. The lowest BCUT2D eigenvalue weighted by molar-refractivity contribution is 1.41. The van der Waals surface area contributed by atoms with E-state index < -0.39 is 0 Å². The van der Waals surface area contributed by atoms with Crippen LogP contribution in [0.5, 0.6) is 0 Å². The molecule has 0 aliphatic carbocycles. The number of allylic oxidation sites excluding steroid dienone is 1. The second-order valence-electron chi connectivity index (χ2n) is 2.76. The molecule has 0 fully saturated rings. The molecule has 13 heavy (non-hydrogen) atoms. The Morgan fingerprint density at radius 2 is 2.31 bits per heavy atom. The van der Waals surface area contributed by atoms with Gasteiger partial charge in [-0.1, -0.05) is 45.8 Å². The monoisotopic (exact) mass is 235 g/mol. The first kappa shape index (κ1) is 10.0. The normalized spacial score (nSPS) is 10.2. The number of nitrogens with zero attached hydrogens (tertiary/aromatic N) is 1. The van der Waals surface area contributed by atoms with Crippen LogP contribution in [0.25, 0.3) is 6.08 Å². The van der Waals surface area contributed by atoms with E-state index in [1.54, 1.807) is 0 Å². The first-order chi connectivity index (χ1) is 6.27. The van der Waals surface area contributed by atoms with Gasteiger partial charge >= 0.3 is 0 Å². The van der Waals surface area contributed by atoms with Crippen molar-refractivity contribution in [1.82, 2.24) is 0 Å². The van der Waals surface area contributed by atoms with Crippen molar-refractivity contribution in [2.75, 3.05) is 5.33 Å². The number of alkyl halides is 1. The maximum Gasteiger partial charge on any atom is 0.0997 e. The van der Waals surface area contributed by atoms with E-state index in [1.807, 2.05) is 37.3 Å². The van der Waals surface area contributed by atoms with E-state index >= 15 is 0 Å². The molecule has 0 N–H and O–H groups in total. The van der Waals surface area contributed by atoms with E-state index in [0.717, 1.165) is 16.5 Å². The van der Waals surface area contributed by atoms with Gasteiger partial charge in [0, 0.05) is 5.33 Å². The molecule has 1 nitrogen and oxygen atoms in total. The number of halogens is 1. The van der Waals surface area contributed by atoms with Crippen molar-refractivity contribution in [2.24, 2.45) is 0 Å². The summed E-state index contributed by atoms with van der Waals surface area (Å²) in [5.74, 6) is 0. The summed E-state index contributed by atoms with van der Waals surface area (Å²) in [5.41, 5.74) is 2.89. The first-order valence-electron chi connectivity index (χ1n) is 4.01. The number of hydrogen-bond acceptors (Lipinski definition) is 1. The van der Waals surface area contributed by atoms with E-state index in [4.69, 9.17) is 5.26 Å². The summed E-state index contributed by atoms with van der Waals surface area (Å²) >= 11 is 3.30. The average molecular weight is 236 g/mol. The number of rotatable bonds is 2. The van der Waals surface area contributed by atoms with Gasteiger partial charge in [0.05, 0.1) is 11.6 Å². The van der Waals surface area contributed by atoms with E-state index in [1.165, 1.54) is 5.56 Å². The Morgan fingerprint density at radius 3 is 2.92 bits per heavy atom. The molecule has 0 aromatic heterocycles. The third-order valence-electron chi connectivity index (χ3n) is 1.71. The van der Waals surface area contributed by atoms with Crippen LogP contribution in [0.2, 0.25) is 0 Å². The van der Waals surface area contributed by atoms with Gasteiger partial charge in [-0.25, -0.2) is 0 Å². The van der Waals surface area contributed by atoms with E-state index in [9.17, 15) is 0 Å². The molecule has 1 aromatic rings. The molecule has 0 bridgehead atoms. The molecule has 66 valence electrons. The molecule has 0 amide bonds. The summed E-state index contributed by atoms with van der Waals surface area (Å²) in [7, 11) is 0. The van der Waals surface area contributed by atoms with Crippen LogP contribution < -0.4 is 0 Å². The maximum absolute atomic E-state index is 8.81. The minimum atomic E-state index is 0.725. The second-order valence-corrected chi connectivity index (χ2v) is 3.41. The van der Waals surface area contributed by atoms with Crippen molar-refractivity contribution in [1.29, 1.82) is 5.26 Å². The topological polar surface area (TPSA) is 23.8 Å². The standard InChI is InChI=1S/C11H10BrN/c1-9-4-5-11(8-13)10(7-9)3-2-6-12/h2-5,7H,6H2,1H3. The van der Waals surface area contributed by atoms with Crippen molar-refractivity contribution in [3.8, 4) is 6.07 Å². The van der Waals surface area contributed by atoms with Gasteiger partial charge in [0.25, 0.3) is 0 Å². The lowest BCUT2D eigenvalue weighted by atomic mass is 10.1. The number of benzene rings is 1. The highest BCUT2D eigenvalue weighted by molar-refractivity contribution is 9.09. The van der Waals surface area contributed by atoms with E-state index in [-0.39, 0.29) is 0 Å². The lowest BCUT2D eigenvalue weighted by Gasteiger charge is -1.98. The Bertz CT molecular complexity index is 361. The Kier molecular flexibility index (Phi) is 3.72. The van der Waals surface area contributed by atoms with Crippen LogP contribution in [0.15, 0.2) is 24.3 Å². The van der Waals surface area contributed by atoms with Crippen molar-refractivity contribution in [3.63, 3.8) is 0 Å². The molecule has 1 rings (SSSR count). The van der Waals surface area contributed by atoms with Gasteiger partial charge in [0.15, 0.2) is 0 Å². The van der Waals surface area contributed by atoms with Gasteiger partial charge in [-0.15, -0.1) is 0 Å². The van der Waals surface area contributed by atoms with Crippen LogP contribution in [0.3, 0.4) is 0 Å². The molecular weight excluding hydrogens is 226 g/mol. The van der Waals surface area contributed by atoms with Gasteiger partial charge in [0.2, 0.25) is 0 Å². The second kappa shape index (κ2) is 4.84. The molecule has 0 radical (unpaired) electrons. The highest BCUT2D eigenvalue weighted by atomic mass is 79.9. The van der Waals surface area contributed by atoms with Crippen molar-refractivity contribution in [3.05, 3.63) is 41.0 Å². The number of hydrogen-bond donors (Lipinski definition) is 0. The van der Waals surface area contributed by atoms with Gasteiger partial charge < -0.3 is 0 Å². The molecule has 0 spiro atoms. The molecular formula is C11H10BrN. The smallest absolute Gasteiger partial charge is 0.0997 e. The fourth-order valence-corrected chi connectivity index (χ4v) is 1.28. The summed E-state index contributed by atoms with van der Waals surface area (Å²) < 4.78 is 0. The molecule has 0 unspecified atom stereocenters. The first-order valence-corrected chi connectivity index (χ1v) is 5.13. The Hall–Kier alpha value is -1.07. The molecule has 0 saturated carbocycles. The van der Waals surface area contributed by atoms with Gasteiger partial charge in [-0.05, 0) is 18.6 Å². The van der Waals surface area contributed by atoms with Crippen molar-refractivity contribution < 1.29 is 0 Å². The average Bonchev–Trinajstić information content (AvgIpc) is 2.15. The van der Waals surface area contributed by atoms with Crippen LogP contribution in [0.4, 0.5) is 0 Å². The third-order valence-corrected chi connectivity index (χ3v) is 2.09. The Labute approximate surface area is 86.8 Å². The predicted molar refractivity (Wildman–Crippen MR) is 58.7 cm³/mol. The fraction of sp³-hybridized carbons (Fsp3) is 0.182. The Balaban J connectivity index is 3.10. The quantitative estimate of drug-likeness (QED) is 0.723. The lowest BCUT2D eigenvalue weighted by Crippen LogP contribution is -1.83. The van der Waals surface area contributed by atoms with Crippen LogP contribution in [0, 0.1) is 18.3 Å². The fourth-order valence-electron chi connectivity index (χ4n) is 1.09. The molecule has 1 aromatic carbocycles. The highest BCUT2D eigenvalue weighted by Gasteiger charge is 1.97. The van der Waals surface area contributed by atoms with Crippen molar-refractivity contribution in [2.45, 2.75) is 6.92 Å². The maximum atomic E-state index is 8.81. The summed E-state index contributed by atoms with van der Waals surface area (Å²) in [6.45, 7) is 2.02. The molecule has 0 aliphatic rings. The van der Waals surface area contributed by atoms with Crippen LogP contribution >= 0.6 is 15.9 Å². The Morgan fingerprint density at radius 1 is 1.54 bits per heavy atom. The van der Waals surface area contributed by atoms with Crippen LogP contribution in [-0.4, -0.2) is 5.33 Å². The van der Waals surface area contributed by atoms with Crippen LogP contribution in [-0.2, 0) is 0 Å². The summed E-state index contributed by atoms with van der Waals surface area (Å²) in [5, 5.41) is 9.62. The van der Waals surface area contributed by atoms with Gasteiger partial charge in [-0.3, -0.25) is 0 Å². The van der Waals surface area contributed by atoms with E-state index in [2.05, 4.69) is 22.0 Å². The zero-order valence-electron chi connectivity index (χ0n) is 7.42. The zero-order chi connectivity index (χ0) is 9.68. The minimum Gasteiger partial charge on any atom is -0.192 e. The SMILES string of the molecule is Cc1ccc(C#N)c(C=CCBr)c1. The largest absolute Gasteiger partial charge is 0.192 e. The van der Waals surface area contributed by atoms with Gasteiger partial charge in [0.1, 0.15) is 0 Å². The minimum absolute atomic E-state index is 0.725. The molecule has 2 heteroatoms. The summed E-state index contributed by atoms with van der Waals surface area (Å²) in [4.78, 5) is 0. The van der Waals surface area contributed by atoms with Gasteiger partial charge in [-0.2, -0.15) is 5.26 Å². The number of aryl methyl sites for hydroxylation is 1. The summed E-state index contributed by atoms with van der Waals surface area (Å²) in [6.07, 6.45) is 3.94. The van der Waals surface area contributed by atoms with E-state index in [0.29, 0.717) is 0 Å². The predicted octanol–water partition coefficient (Wildman–Crippen LogP) is 3.27. The zero-order valence-corrected chi connectivity index (χ0v) is 9.01. The molecule has 0 saturated heterocycles. The number of nitriles is 1. The summed E-state index contributed by atoms with van der Waals surface area (Å²) in [6, 6.07) is 7.98. The molecule has 0 aliphatic heterocycles. The van der Waals surface area contributed by atoms with Crippen LogP contribution in [0.1, 0.15) is 16.7 Å². The molecule has 0 atom stereocenters.